The van der Waals surface area contributed by atoms with Crippen LogP contribution < -0.4 is 19.9 Å². The Morgan fingerprint density at radius 2 is 1.84 bits per heavy atom. The summed E-state index contributed by atoms with van der Waals surface area (Å²) in [5, 5.41) is 3.01. The maximum atomic E-state index is 12.9. The Morgan fingerprint density at radius 3 is 2.75 bits per heavy atom. The molecule has 162 valence electrons. The zero-order valence-electron chi connectivity index (χ0n) is 17.4. The predicted molar refractivity (Wildman–Crippen MR) is 128 cm³/mol. The number of anilines is 3. The number of carbonyl (C=O) groups excluding carboxylic acids is 2. The van der Waals surface area contributed by atoms with Crippen molar-refractivity contribution in [2.24, 2.45) is 0 Å². The standard InChI is InChI=1S/C25H22BrN3O3/c26-19-9-10-22-23(13-19)32-16-25(31)29(22)15-24(30)27-20-7-3-1-6-18(20)14-28-12-11-17-5-2-4-8-21(17)28/h1-10,13H,11-12,14-16H2,(H,27,30). The molecule has 0 saturated carbocycles. The van der Waals surface area contributed by atoms with Gasteiger partial charge in [-0.2, -0.15) is 0 Å². The fraction of sp³-hybridized carbons (Fsp3) is 0.200. The van der Waals surface area contributed by atoms with E-state index in [9.17, 15) is 9.59 Å². The summed E-state index contributed by atoms with van der Waals surface area (Å²) in [5.41, 5.74) is 5.00. The van der Waals surface area contributed by atoms with E-state index in [2.05, 4.69) is 50.4 Å². The van der Waals surface area contributed by atoms with E-state index in [1.165, 1.54) is 16.2 Å². The topological polar surface area (TPSA) is 61.9 Å². The first-order valence-corrected chi connectivity index (χ1v) is 11.3. The average Bonchev–Trinajstić information content (AvgIpc) is 3.20. The summed E-state index contributed by atoms with van der Waals surface area (Å²) in [4.78, 5) is 29.2. The Balaban J connectivity index is 1.32. The summed E-state index contributed by atoms with van der Waals surface area (Å²) < 4.78 is 6.36. The van der Waals surface area contributed by atoms with Crippen molar-refractivity contribution in [1.29, 1.82) is 0 Å². The molecule has 2 heterocycles. The van der Waals surface area contributed by atoms with Crippen LogP contribution in [0.1, 0.15) is 11.1 Å². The van der Waals surface area contributed by atoms with Crippen molar-refractivity contribution in [2.45, 2.75) is 13.0 Å². The van der Waals surface area contributed by atoms with Gasteiger partial charge in [0.2, 0.25) is 5.91 Å². The largest absolute Gasteiger partial charge is 0.482 e. The van der Waals surface area contributed by atoms with E-state index in [-0.39, 0.29) is 25.0 Å². The van der Waals surface area contributed by atoms with E-state index in [0.29, 0.717) is 18.0 Å². The van der Waals surface area contributed by atoms with Gasteiger partial charge in [0, 0.05) is 28.9 Å². The summed E-state index contributed by atoms with van der Waals surface area (Å²) in [6, 6.07) is 21.7. The van der Waals surface area contributed by atoms with Crippen molar-refractivity contribution in [1.82, 2.24) is 0 Å². The van der Waals surface area contributed by atoms with Crippen molar-refractivity contribution in [3.8, 4) is 5.75 Å². The molecular weight excluding hydrogens is 470 g/mol. The predicted octanol–water partition coefficient (Wildman–Crippen LogP) is 4.38. The van der Waals surface area contributed by atoms with E-state index >= 15 is 0 Å². The number of hydrogen-bond donors (Lipinski definition) is 1. The molecule has 1 N–H and O–H groups in total. The third-order valence-electron chi connectivity index (χ3n) is 5.80. The number of nitrogens with one attached hydrogen (secondary N) is 1. The molecule has 0 saturated heterocycles. The molecule has 0 fully saturated rings. The molecule has 0 aromatic heterocycles. The molecule has 2 aliphatic heterocycles. The SMILES string of the molecule is O=C(CN1C(=O)COc2cc(Br)ccc21)Nc1ccccc1CN1CCc2ccccc21. The summed E-state index contributed by atoms with van der Waals surface area (Å²) in [5.74, 6) is 0.0974. The molecule has 3 aromatic carbocycles. The number of amides is 2. The molecule has 32 heavy (non-hydrogen) atoms. The Morgan fingerprint density at radius 1 is 1.03 bits per heavy atom. The van der Waals surface area contributed by atoms with E-state index in [1.54, 1.807) is 12.1 Å². The lowest BCUT2D eigenvalue weighted by molar-refractivity contribution is -0.123. The lowest BCUT2D eigenvalue weighted by Crippen LogP contribution is -2.43. The number of carbonyl (C=O) groups is 2. The lowest BCUT2D eigenvalue weighted by Gasteiger charge is -2.29. The number of benzene rings is 3. The van der Waals surface area contributed by atoms with E-state index in [1.807, 2.05) is 30.3 Å². The number of rotatable bonds is 5. The minimum absolute atomic E-state index is 0.0717. The molecule has 0 atom stereocenters. The molecule has 0 radical (unpaired) electrons. The Bertz CT molecular complexity index is 1200. The van der Waals surface area contributed by atoms with E-state index in [4.69, 9.17) is 4.74 Å². The molecule has 2 amide bonds. The van der Waals surface area contributed by atoms with E-state index in [0.717, 1.165) is 28.7 Å². The number of nitrogens with zero attached hydrogens (tertiary/aromatic N) is 2. The highest BCUT2D eigenvalue weighted by molar-refractivity contribution is 9.10. The normalized spacial score (nSPS) is 14.6. The molecule has 6 nitrogen and oxygen atoms in total. The fourth-order valence-corrected chi connectivity index (χ4v) is 4.58. The van der Waals surface area contributed by atoms with Crippen LogP contribution in [0.15, 0.2) is 71.2 Å². The van der Waals surface area contributed by atoms with Gasteiger partial charge < -0.3 is 15.0 Å². The van der Waals surface area contributed by atoms with Gasteiger partial charge in [-0.05, 0) is 47.9 Å². The third-order valence-corrected chi connectivity index (χ3v) is 6.30. The minimum atomic E-state index is -0.247. The van der Waals surface area contributed by atoms with Gasteiger partial charge in [-0.15, -0.1) is 0 Å². The van der Waals surface area contributed by atoms with Crippen LogP contribution in [0, 0.1) is 0 Å². The van der Waals surface area contributed by atoms with Gasteiger partial charge in [-0.3, -0.25) is 14.5 Å². The number of para-hydroxylation sites is 2. The molecule has 0 bridgehead atoms. The first-order chi connectivity index (χ1) is 15.6. The van der Waals surface area contributed by atoms with Crippen LogP contribution in [-0.2, 0) is 22.6 Å². The van der Waals surface area contributed by atoms with E-state index < -0.39 is 0 Å². The second-order valence-corrected chi connectivity index (χ2v) is 8.80. The van der Waals surface area contributed by atoms with Gasteiger partial charge in [0.05, 0.1) is 5.69 Å². The van der Waals surface area contributed by atoms with Crippen LogP contribution in [-0.4, -0.2) is 31.5 Å². The Labute approximate surface area is 194 Å². The Kier molecular flexibility index (Phi) is 5.57. The molecular formula is C25H22BrN3O3. The van der Waals surface area contributed by atoms with Crippen LogP contribution >= 0.6 is 15.9 Å². The second-order valence-electron chi connectivity index (χ2n) is 7.89. The summed E-state index contributed by atoms with van der Waals surface area (Å²) in [6.07, 6.45) is 1.03. The van der Waals surface area contributed by atoms with Crippen LogP contribution in [0.25, 0.3) is 0 Å². The van der Waals surface area contributed by atoms with Crippen molar-refractivity contribution in [2.75, 3.05) is 34.8 Å². The maximum Gasteiger partial charge on any atom is 0.265 e. The van der Waals surface area contributed by atoms with Gasteiger partial charge in [-0.1, -0.05) is 52.3 Å². The molecule has 2 aliphatic rings. The zero-order valence-corrected chi connectivity index (χ0v) is 19.0. The number of hydrogen-bond acceptors (Lipinski definition) is 4. The second kappa shape index (κ2) is 8.67. The number of ether oxygens (including phenoxy) is 1. The fourth-order valence-electron chi connectivity index (χ4n) is 4.24. The molecule has 7 heteroatoms. The highest BCUT2D eigenvalue weighted by Gasteiger charge is 2.28. The van der Waals surface area contributed by atoms with Crippen molar-refractivity contribution < 1.29 is 14.3 Å². The van der Waals surface area contributed by atoms with Gasteiger partial charge >= 0.3 is 0 Å². The summed E-state index contributed by atoms with van der Waals surface area (Å²) >= 11 is 3.41. The van der Waals surface area contributed by atoms with Crippen LogP contribution in [0.5, 0.6) is 5.75 Å². The molecule has 0 spiro atoms. The molecule has 0 unspecified atom stereocenters. The van der Waals surface area contributed by atoms with Crippen LogP contribution in [0.3, 0.4) is 0 Å². The lowest BCUT2D eigenvalue weighted by atomic mass is 10.1. The molecule has 3 aromatic rings. The monoisotopic (exact) mass is 491 g/mol. The van der Waals surface area contributed by atoms with Gasteiger partial charge in [-0.25, -0.2) is 0 Å². The number of halogens is 1. The van der Waals surface area contributed by atoms with Crippen molar-refractivity contribution in [3.63, 3.8) is 0 Å². The van der Waals surface area contributed by atoms with Crippen molar-refractivity contribution >= 4 is 44.8 Å². The quantitative estimate of drug-likeness (QED) is 0.575. The van der Waals surface area contributed by atoms with Crippen LogP contribution in [0.4, 0.5) is 17.1 Å². The Hall–Kier alpha value is -3.32. The smallest absolute Gasteiger partial charge is 0.265 e. The van der Waals surface area contributed by atoms with Crippen molar-refractivity contribution in [3.05, 3.63) is 82.3 Å². The number of fused-ring (bicyclic) bond motifs is 2. The average molecular weight is 492 g/mol. The summed E-state index contributed by atoms with van der Waals surface area (Å²) in [6.45, 7) is 1.51. The maximum absolute atomic E-state index is 12.9. The summed E-state index contributed by atoms with van der Waals surface area (Å²) in [7, 11) is 0. The zero-order chi connectivity index (χ0) is 22.1. The first-order valence-electron chi connectivity index (χ1n) is 10.5. The highest BCUT2D eigenvalue weighted by atomic mass is 79.9. The van der Waals surface area contributed by atoms with Crippen LogP contribution in [0.2, 0.25) is 0 Å². The molecule has 0 aliphatic carbocycles. The molecule has 5 rings (SSSR count). The first kappa shape index (κ1) is 20.6. The highest BCUT2D eigenvalue weighted by Crippen LogP contribution is 2.34. The van der Waals surface area contributed by atoms with Gasteiger partial charge in [0.15, 0.2) is 6.61 Å². The van der Waals surface area contributed by atoms with Gasteiger partial charge in [0.25, 0.3) is 5.91 Å². The van der Waals surface area contributed by atoms with Gasteiger partial charge in [0.1, 0.15) is 12.3 Å². The third kappa shape index (κ3) is 4.08. The minimum Gasteiger partial charge on any atom is -0.482 e.